The van der Waals surface area contributed by atoms with Crippen LogP contribution in [0, 0.1) is 0 Å². The van der Waals surface area contributed by atoms with Crippen molar-refractivity contribution in [3.8, 4) is 5.75 Å². The molecule has 7 nitrogen and oxygen atoms in total. The molecule has 0 aromatic heterocycles. The first kappa shape index (κ1) is 15.9. The van der Waals surface area contributed by atoms with Gasteiger partial charge in [-0.05, 0) is 24.6 Å². The number of amides is 1. The van der Waals surface area contributed by atoms with E-state index in [1.165, 1.54) is 25.3 Å². The zero-order chi connectivity index (χ0) is 15.1. The van der Waals surface area contributed by atoms with E-state index in [1.54, 1.807) is 0 Å². The Morgan fingerprint density at radius 1 is 1.30 bits per heavy atom. The van der Waals surface area contributed by atoms with Crippen molar-refractivity contribution in [1.82, 2.24) is 5.32 Å². The Labute approximate surface area is 115 Å². The highest BCUT2D eigenvalue weighted by atomic mass is 16.5. The molecule has 0 radical (unpaired) electrons. The number of aliphatic hydroxyl groups is 2. The largest absolute Gasteiger partial charge is 0.508 e. The number of aromatic hydroxyl groups is 1. The van der Waals surface area contributed by atoms with E-state index in [4.69, 9.17) is 10.2 Å². The van der Waals surface area contributed by atoms with Crippen LogP contribution in [0.2, 0.25) is 0 Å². The molecule has 4 N–H and O–H groups in total. The van der Waals surface area contributed by atoms with E-state index in [0.29, 0.717) is 0 Å². The molecular formula is C13H17NO6. The van der Waals surface area contributed by atoms with Gasteiger partial charge in [0.1, 0.15) is 5.75 Å². The summed E-state index contributed by atoms with van der Waals surface area (Å²) in [5, 5.41) is 29.7. The summed E-state index contributed by atoms with van der Waals surface area (Å²) >= 11 is 0. The van der Waals surface area contributed by atoms with Crippen LogP contribution in [0.15, 0.2) is 18.2 Å². The molecule has 0 aliphatic rings. The predicted octanol–water partition coefficient (Wildman–Crippen LogP) is -0.348. The first-order valence-corrected chi connectivity index (χ1v) is 5.97. The maximum Gasteiger partial charge on any atom is 0.338 e. The number of phenolic OH excluding ortho intramolecular Hbond substituents is 1. The number of methoxy groups -OCH3 is 1. The Balaban J connectivity index is 2.73. The molecule has 7 heteroatoms. The summed E-state index contributed by atoms with van der Waals surface area (Å²) in [4.78, 5) is 23.2. The molecule has 1 amide bonds. The van der Waals surface area contributed by atoms with Crippen molar-refractivity contribution in [3.05, 3.63) is 29.3 Å². The van der Waals surface area contributed by atoms with E-state index in [0.717, 1.165) is 0 Å². The topological polar surface area (TPSA) is 116 Å². The quantitative estimate of drug-likeness (QED) is 0.530. The van der Waals surface area contributed by atoms with Gasteiger partial charge in [0.05, 0.1) is 25.4 Å². The Morgan fingerprint density at radius 2 is 1.95 bits per heavy atom. The first-order valence-electron chi connectivity index (χ1n) is 5.97. The van der Waals surface area contributed by atoms with Gasteiger partial charge < -0.3 is 25.4 Å². The van der Waals surface area contributed by atoms with Crippen molar-refractivity contribution < 1.29 is 29.6 Å². The summed E-state index contributed by atoms with van der Waals surface area (Å²) in [5.74, 6) is -1.39. The van der Waals surface area contributed by atoms with Crippen LogP contribution in [0.3, 0.4) is 0 Å². The second-order valence-corrected chi connectivity index (χ2v) is 4.14. The Bertz CT molecular complexity index is 488. The lowest BCUT2D eigenvalue weighted by molar-refractivity contribution is 0.0600. The fourth-order valence-electron chi connectivity index (χ4n) is 1.52. The number of phenols is 1. The number of esters is 1. The summed E-state index contributed by atoms with van der Waals surface area (Å²) < 4.78 is 4.51. The monoisotopic (exact) mass is 283 g/mol. The Hall–Kier alpha value is -2.12. The normalized spacial score (nSPS) is 11.8. The van der Waals surface area contributed by atoms with Gasteiger partial charge in [0.25, 0.3) is 5.91 Å². The van der Waals surface area contributed by atoms with Crippen LogP contribution in [-0.2, 0) is 4.74 Å². The number of carbonyl (C=O) groups is 2. The Kier molecular flexibility index (Phi) is 5.95. The van der Waals surface area contributed by atoms with Crippen molar-refractivity contribution in [2.75, 3.05) is 20.3 Å². The minimum Gasteiger partial charge on any atom is -0.508 e. The molecule has 0 heterocycles. The maximum atomic E-state index is 11.8. The third-order valence-electron chi connectivity index (χ3n) is 2.57. The average molecular weight is 283 g/mol. The molecule has 1 unspecified atom stereocenters. The van der Waals surface area contributed by atoms with Crippen LogP contribution in [0.4, 0.5) is 0 Å². The van der Waals surface area contributed by atoms with Crippen molar-refractivity contribution in [2.24, 2.45) is 0 Å². The van der Waals surface area contributed by atoms with Crippen LogP contribution in [0.5, 0.6) is 5.75 Å². The number of hydrogen-bond donors (Lipinski definition) is 4. The molecule has 0 saturated heterocycles. The molecule has 0 aliphatic heterocycles. The number of carbonyl (C=O) groups excluding carboxylic acids is 2. The summed E-state index contributed by atoms with van der Waals surface area (Å²) in [6.07, 6.45) is -0.699. The lowest BCUT2D eigenvalue weighted by Gasteiger charge is -2.09. The van der Waals surface area contributed by atoms with Gasteiger partial charge in [-0.25, -0.2) is 4.79 Å². The number of benzene rings is 1. The number of ether oxygens (including phenoxy) is 1. The molecule has 20 heavy (non-hydrogen) atoms. The summed E-state index contributed by atoms with van der Waals surface area (Å²) in [7, 11) is 1.20. The van der Waals surface area contributed by atoms with Crippen LogP contribution in [0.1, 0.15) is 27.1 Å². The summed E-state index contributed by atoms with van der Waals surface area (Å²) in [5.41, 5.74) is 0.164. The van der Waals surface area contributed by atoms with E-state index >= 15 is 0 Å². The smallest absolute Gasteiger partial charge is 0.338 e. The van der Waals surface area contributed by atoms with Gasteiger partial charge in [-0.15, -0.1) is 0 Å². The van der Waals surface area contributed by atoms with E-state index in [9.17, 15) is 14.7 Å². The number of hydrogen-bond acceptors (Lipinski definition) is 6. The molecule has 0 saturated carbocycles. The van der Waals surface area contributed by atoms with Gasteiger partial charge in [-0.1, -0.05) is 0 Å². The second-order valence-electron chi connectivity index (χ2n) is 4.14. The van der Waals surface area contributed by atoms with Crippen LogP contribution < -0.4 is 5.32 Å². The lowest BCUT2D eigenvalue weighted by Crippen LogP contribution is -2.28. The third-order valence-corrected chi connectivity index (χ3v) is 2.57. The number of nitrogens with one attached hydrogen (secondary N) is 1. The predicted molar refractivity (Wildman–Crippen MR) is 69.5 cm³/mol. The zero-order valence-electron chi connectivity index (χ0n) is 11.0. The van der Waals surface area contributed by atoms with Crippen molar-refractivity contribution in [1.29, 1.82) is 0 Å². The minimum absolute atomic E-state index is 0.0630. The fraction of sp³-hybridized carbons (Fsp3) is 0.385. The Morgan fingerprint density at radius 3 is 2.55 bits per heavy atom. The first-order chi connectivity index (χ1) is 9.47. The van der Waals surface area contributed by atoms with E-state index in [2.05, 4.69) is 10.1 Å². The standard InChI is InChI=1S/C13H17NO6/c1-20-13(19)9-4-8(5-11(17)6-9)12(18)14-3-2-10(16)7-15/h4-6,10,15-17H,2-3,7H2,1H3,(H,14,18). The summed E-state index contributed by atoms with van der Waals surface area (Å²) in [6, 6.07) is 3.70. The van der Waals surface area contributed by atoms with Gasteiger partial charge in [-0.3, -0.25) is 4.79 Å². The lowest BCUT2D eigenvalue weighted by atomic mass is 10.1. The molecule has 0 aliphatic carbocycles. The maximum absolute atomic E-state index is 11.8. The van der Waals surface area contributed by atoms with E-state index < -0.39 is 18.0 Å². The molecule has 0 spiro atoms. The minimum atomic E-state index is -0.898. The molecule has 0 fully saturated rings. The molecule has 0 bridgehead atoms. The number of aliphatic hydroxyl groups excluding tert-OH is 2. The second kappa shape index (κ2) is 7.46. The van der Waals surface area contributed by atoms with Gasteiger partial charge in [0, 0.05) is 12.1 Å². The molecular weight excluding hydrogens is 266 g/mol. The van der Waals surface area contributed by atoms with Crippen LogP contribution in [0.25, 0.3) is 0 Å². The average Bonchev–Trinajstić information content (AvgIpc) is 2.45. The molecule has 1 rings (SSSR count). The summed E-state index contributed by atoms with van der Waals surface area (Å²) in [6.45, 7) is -0.224. The van der Waals surface area contributed by atoms with Gasteiger partial charge in [-0.2, -0.15) is 0 Å². The number of rotatable bonds is 6. The molecule has 110 valence electrons. The molecule has 1 aromatic rings. The van der Waals surface area contributed by atoms with Crippen molar-refractivity contribution >= 4 is 11.9 Å². The van der Waals surface area contributed by atoms with E-state index in [-0.39, 0.29) is 36.4 Å². The van der Waals surface area contributed by atoms with Gasteiger partial charge >= 0.3 is 5.97 Å². The third kappa shape index (κ3) is 4.52. The molecule has 1 aromatic carbocycles. The highest BCUT2D eigenvalue weighted by Crippen LogP contribution is 2.16. The van der Waals surface area contributed by atoms with Crippen LogP contribution >= 0.6 is 0 Å². The highest BCUT2D eigenvalue weighted by Gasteiger charge is 2.13. The van der Waals surface area contributed by atoms with Gasteiger partial charge in [0.2, 0.25) is 0 Å². The van der Waals surface area contributed by atoms with Crippen LogP contribution in [-0.4, -0.2) is 53.6 Å². The highest BCUT2D eigenvalue weighted by molar-refractivity contribution is 5.98. The molecule has 1 atom stereocenters. The van der Waals surface area contributed by atoms with Crippen molar-refractivity contribution in [2.45, 2.75) is 12.5 Å². The fourth-order valence-corrected chi connectivity index (χ4v) is 1.52. The van der Waals surface area contributed by atoms with E-state index in [1.807, 2.05) is 0 Å². The van der Waals surface area contributed by atoms with Gasteiger partial charge in [0.15, 0.2) is 0 Å². The SMILES string of the molecule is COC(=O)c1cc(O)cc(C(=O)NCCC(O)CO)c1. The van der Waals surface area contributed by atoms with Crippen molar-refractivity contribution in [3.63, 3.8) is 0 Å². The zero-order valence-corrected chi connectivity index (χ0v) is 11.0.